The third kappa shape index (κ3) is 3.77. The number of urea groups is 1. The van der Waals surface area contributed by atoms with Crippen LogP contribution in [0.4, 0.5) is 16.2 Å². The first-order valence-electron chi connectivity index (χ1n) is 9.44. The van der Waals surface area contributed by atoms with Crippen molar-refractivity contribution in [2.45, 2.75) is 6.92 Å². The van der Waals surface area contributed by atoms with Gasteiger partial charge in [0.1, 0.15) is 5.57 Å². The largest absolute Gasteiger partial charge is 0.378 e. The molecule has 29 heavy (non-hydrogen) atoms. The highest BCUT2D eigenvalue weighted by atomic mass is 16.5. The van der Waals surface area contributed by atoms with E-state index in [1.165, 1.54) is 6.08 Å². The van der Waals surface area contributed by atoms with E-state index < -0.39 is 17.8 Å². The Labute approximate surface area is 168 Å². The predicted molar refractivity (Wildman–Crippen MR) is 110 cm³/mol. The number of benzene rings is 2. The molecule has 1 N–H and O–H groups in total. The number of morpholine rings is 1. The van der Waals surface area contributed by atoms with Crippen LogP contribution in [0.2, 0.25) is 0 Å². The van der Waals surface area contributed by atoms with Crippen LogP contribution in [0.5, 0.6) is 0 Å². The van der Waals surface area contributed by atoms with Crippen molar-refractivity contribution in [3.63, 3.8) is 0 Å². The van der Waals surface area contributed by atoms with Gasteiger partial charge in [-0.25, -0.2) is 9.69 Å². The lowest BCUT2D eigenvalue weighted by Gasteiger charge is -2.29. The molecule has 2 aliphatic rings. The van der Waals surface area contributed by atoms with Gasteiger partial charge in [0, 0.05) is 18.8 Å². The number of nitrogens with zero attached hydrogens (tertiary/aromatic N) is 2. The van der Waals surface area contributed by atoms with E-state index in [1.807, 2.05) is 30.3 Å². The number of barbiturate groups is 1. The zero-order valence-electron chi connectivity index (χ0n) is 16.1. The molecule has 2 fully saturated rings. The summed E-state index contributed by atoms with van der Waals surface area (Å²) in [5, 5.41) is 2.26. The van der Waals surface area contributed by atoms with Gasteiger partial charge in [-0.1, -0.05) is 30.3 Å². The molecule has 0 radical (unpaired) electrons. The second-order valence-corrected chi connectivity index (χ2v) is 6.94. The molecular formula is C22H21N3O4. The van der Waals surface area contributed by atoms with Crippen molar-refractivity contribution in [3.05, 3.63) is 65.2 Å². The average molecular weight is 391 g/mol. The van der Waals surface area contributed by atoms with Gasteiger partial charge in [-0.05, 0) is 42.3 Å². The highest BCUT2D eigenvalue weighted by Gasteiger charge is 2.37. The van der Waals surface area contributed by atoms with Crippen LogP contribution in [0.1, 0.15) is 11.1 Å². The first-order valence-corrected chi connectivity index (χ1v) is 9.44. The fourth-order valence-corrected chi connectivity index (χ4v) is 3.46. The summed E-state index contributed by atoms with van der Waals surface area (Å²) in [6.45, 7) is 4.86. The lowest BCUT2D eigenvalue weighted by Crippen LogP contribution is -2.54. The van der Waals surface area contributed by atoms with Gasteiger partial charge in [-0.3, -0.25) is 14.9 Å². The van der Waals surface area contributed by atoms with E-state index in [4.69, 9.17) is 4.74 Å². The van der Waals surface area contributed by atoms with Crippen molar-refractivity contribution in [1.82, 2.24) is 5.32 Å². The van der Waals surface area contributed by atoms with E-state index in [0.717, 1.165) is 29.2 Å². The first kappa shape index (κ1) is 18.9. The summed E-state index contributed by atoms with van der Waals surface area (Å²) in [5.74, 6) is -1.33. The molecule has 0 saturated carbocycles. The molecule has 148 valence electrons. The van der Waals surface area contributed by atoms with Gasteiger partial charge >= 0.3 is 6.03 Å². The zero-order chi connectivity index (χ0) is 20.4. The molecule has 2 aliphatic heterocycles. The van der Waals surface area contributed by atoms with Crippen LogP contribution in [0.3, 0.4) is 0 Å². The zero-order valence-corrected chi connectivity index (χ0v) is 16.1. The summed E-state index contributed by atoms with van der Waals surface area (Å²) in [6.07, 6.45) is 1.51. The van der Waals surface area contributed by atoms with E-state index >= 15 is 0 Å². The van der Waals surface area contributed by atoms with Crippen LogP contribution in [0.15, 0.2) is 54.1 Å². The van der Waals surface area contributed by atoms with E-state index in [2.05, 4.69) is 10.2 Å². The standard InChI is InChI=1S/C22H21N3O4/c1-15-4-2-3-5-19(15)25-21(27)18(20(26)23-22(25)28)14-16-6-8-17(9-7-16)24-10-12-29-13-11-24/h2-9,14H,10-13H2,1H3,(H,23,26,28)/b18-14+. The maximum atomic E-state index is 13.0. The molecule has 0 atom stereocenters. The molecule has 0 aliphatic carbocycles. The van der Waals surface area contributed by atoms with Gasteiger partial charge in [0.05, 0.1) is 18.9 Å². The Kier molecular flexibility index (Phi) is 5.14. The number of carbonyl (C=O) groups excluding carboxylic acids is 3. The number of hydrogen-bond acceptors (Lipinski definition) is 5. The number of ether oxygens (including phenoxy) is 1. The quantitative estimate of drug-likeness (QED) is 0.642. The second kappa shape index (κ2) is 7.89. The molecule has 4 amide bonds. The third-order valence-electron chi connectivity index (χ3n) is 5.04. The summed E-state index contributed by atoms with van der Waals surface area (Å²) in [5.41, 5.74) is 2.91. The van der Waals surface area contributed by atoms with Gasteiger partial charge in [-0.2, -0.15) is 0 Å². The summed E-state index contributed by atoms with van der Waals surface area (Å²) >= 11 is 0. The molecule has 0 spiro atoms. The average Bonchev–Trinajstić information content (AvgIpc) is 2.73. The number of rotatable bonds is 3. The maximum Gasteiger partial charge on any atom is 0.335 e. The second-order valence-electron chi connectivity index (χ2n) is 6.94. The van der Waals surface area contributed by atoms with Crippen LogP contribution < -0.4 is 15.1 Å². The topological polar surface area (TPSA) is 79.0 Å². The van der Waals surface area contributed by atoms with Crippen molar-refractivity contribution in [2.24, 2.45) is 0 Å². The molecular weight excluding hydrogens is 370 g/mol. The van der Waals surface area contributed by atoms with Crippen molar-refractivity contribution in [1.29, 1.82) is 0 Å². The minimum absolute atomic E-state index is 0.0769. The van der Waals surface area contributed by atoms with Gasteiger partial charge in [-0.15, -0.1) is 0 Å². The number of nitrogens with one attached hydrogen (secondary N) is 1. The Morgan fingerprint density at radius 1 is 0.966 bits per heavy atom. The molecule has 2 heterocycles. The molecule has 2 aromatic rings. The lowest BCUT2D eigenvalue weighted by molar-refractivity contribution is -0.122. The number of aryl methyl sites for hydroxylation is 1. The van der Waals surface area contributed by atoms with Gasteiger partial charge < -0.3 is 9.64 Å². The normalized spacial score (nSPS) is 18.9. The van der Waals surface area contributed by atoms with Crippen molar-refractivity contribution < 1.29 is 19.1 Å². The number of carbonyl (C=O) groups is 3. The molecule has 7 nitrogen and oxygen atoms in total. The fraction of sp³-hybridized carbons (Fsp3) is 0.227. The van der Waals surface area contributed by atoms with Crippen LogP contribution in [0.25, 0.3) is 6.08 Å². The van der Waals surface area contributed by atoms with Crippen molar-refractivity contribution in [2.75, 3.05) is 36.1 Å². The molecule has 0 bridgehead atoms. The summed E-state index contributed by atoms with van der Waals surface area (Å²) in [7, 11) is 0. The smallest absolute Gasteiger partial charge is 0.335 e. The minimum Gasteiger partial charge on any atom is -0.378 e. The summed E-state index contributed by atoms with van der Waals surface area (Å²) in [4.78, 5) is 40.8. The summed E-state index contributed by atoms with van der Waals surface area (Å²) < 4.78 is 5.37. The van der Waals surface area contributed by atoms with Gasteiger partial charge in [0.15, 0.2) is 0 Å². The number of anilines is 2. The van der Waals surface area contributed by atoms with Crippen molar-refractivity contribution >= 4 is 35.3 Å². The minimum atomic E-state index is -0.742. The number of amides is 4. The fourth-order valence-electron chi connectivity index (χ4n) is 3.46. The van der Waals surface area contributed by atoms with E-state index in [0.29, 0.717) is 24.5 Å². The number of para-hydroxylation sites is 1. The Morgan fingerprint density at radius 2 is 1.66 bits per heavy atom. The van der Waals surface area contributed by atoms with E-state index in [-0.39, 0.29) is 5.57 Å². The SMILES string of the molecule is Cc1ccccc1N1C(=O)NC(=O)/C(=C\c2ccc(N3CCOCC3)cc2)C1=O. The third-order valence-corrected chi connectivity index (χ3v) is 5.04. The number of hydrogen-bond donors (Lipinski definition) is 1. The molecule has 2 aromatic carbocycles. The highest BCUT2D eigenvalue weighted by molar-refractivity contribution is 6.39. The summed E-state index contributed by atoms with van der Waals surface area (Å²) in [6, 6.07) is 13.9. The predicted octanol–water partition coefficient (Wildman–Crippen LogP) is 2.50. The Hall–Kier alpha value is -3.45. The first-order chi connectivity index (χ1) is 14.0. The Bertz CT molecular complexity index is 991. The Morgan fingerprint density at radius 3 is 2.34 bits per heavy atom. The molecule has 0 unspecified atom stereocenters. The number of imide groups is 2. The van der Waals surface area contributed by atoms with E-state index in [9.17, 15) is 14.4 Å². The van der Waals surface area contributed by atoms with Crippen LogP contribution >= 0.6 is 0 Å². The Balaban J connectivity index is 1.62. The molecule has 0 aromatic heterocycles. The highest BCUT2D eigenvalue weighted by Crippen LogP contribution is 2.25. The van der Waals surface area contributed by atoms with Gasteiger partial charge in [0.2, 0.25) is 0 Å². The van der Waals surface area contributed by atoms with Crippen LogP contribution in [-0.2, 0) is 14.3 Å². The van der Waals surface area contributed by atoms with E-state index in [1.54, 1.807) is 25.1 Å². The monoisotopic (exact) mass is 391 g/mol. The van der Waals surface area contributed by atoms with Gasteiger partial charge in [0.25, 0.3) is 11.8 Å². The van der Waals surface area contributed by atoms with Crippen LogP contribution in [-0.4, -0.2) is 44.1 Å². The molecule has 4 rings (SSSR count). The maximum absolute atomic E-state index is 13.0. The molecule has 7 heteroatoms. The van der Waals surface area contributed by atoms with Crippen LogP contribution in [0, 0.1) is 6.92 Å². The lowest BCUT2D eigenvalue weighted by atomic mass is 10.1. The van der Waals surface area contributed by atoms with Crippen molar-refractivity contribution in [3.8, 4) is 0 Å². The molecule has 2 saturated heterocycles.